The van der Waals surface area contributed by atoms with Crippen molar-refractivity contribution in [1.29, 1.82) is 0 Å². The summed E-state index contributed by atoms with van der Waals surface area (Å²) in [7, 11) is 0. The van der Waals surface area contributed by atoms with Gasteiger partial charge in [-0.1, -0.05) is 15.9 Å². The molecule has 1 saturated heterocycles. The standard InChI is InChI=1S/C13H17BrFN3O.HI/c1-9-8-18(2-3-19-9)13(16)17-7-10-4-11(14)6-12(15)5-10;/h4-6,9H,2-3,7-8H2,1H3,(H2,16,17);1H. The van der Waals surface area contributed by atoms with Gasteiger partial charge in [0, 0.05) is 17.6 Å². The number of ether oxygens (including phenoxy) is 1. The van der Waals surface area contributed by atoms with Gasteiger partial charge in [-0.15, -0.1) is 24.0 Å². The molecule has 0 radical (unpaired) electrons. The van der Waals surface area contributed by atoms with Crippen molar-refractivity contribution in [3.8, 4) is 0 Å². The lowest BCUT2D eigenvalue weighted by molar-refractivity contribution is 0.00529. The Morgan fingerprint density at radius 1 is 1.55 bits per heavy atom. The molecule has 4 nitrogen and oxygen atoms in total. The number of hydrogen-bond acceptors (Lipinski definition) is 2. The average Bonchev–Trinajstić information content (AvgIpc) is 2.35. The molecule has 2 N–H and O–H groups in total. The van der Waals surface area contributed by atoms with Crippen molar-refractivity contribution in [2.24, 2.45) is 10.7 Å². The molecular formula is C13H18BrFIN3O. The molecule has 1 aromatic rings. The van der Waals surface area contributed by atoms with Gasteiger partial charge < -0.3 is 15.4 Å². The number of hydrogen-bond donors (Lipinski definition) is 1. The number of aliphatic imine (C=N–C) groups is 1. The van der Waals surface area contributed by atoms with Crippen LogP contribution < -0.4 is 5.73 Å². The van der Waals surface area contributed by atoms with Gasteiger partial charge in [-0.3, -0.25) is 0 Å². The Kier molecular flexibility index (Phi) is 7.18. The molecular weight excluding hydrogens is 440 g/mol. The van der Waals surface area contributed by atoms with Crippen molar-refractivity contribution >= 4 is 45.9 Å². The van der Waals surface area contributed by atoms with E-state index in [1.54, 1.807) is 0 Å². The summed E-state index contributed by atoms with van der Waals surface area (Å²) in [4.78, 5) is 6.30. The van der Waals surface area contributed by atoms with Crippen molar-refractivity contribution in [2.45, 2.75) is 19.6 Å². The Morgan fingerprint density at radius 3 is 2.95 bits per heavy atom. The van der Waals surface area contributed by atoms with E-state index >= 15 is 0 Å². The zero-order chi connectivity index (χ0) is 13.8. The highest BCUT2D eigenvalue weighted by atomic mass is 127. The first-order valence-electron chi connectivity index (χ1n) is 6.16. The van der Waals surface area contributed by atoms with Gasteiger partial charge in [-0.05, 0) is 30.7 Å². The van der Waals surface area contributed by atoms with Crippen molar-refractivity contribution in [3.05, 3.63) is 34.1 Å². The van der Waals surface area contributed by atoms with Gasteiger partial charge in [0.25, 0.3) is 0 Å². The molecule has 0 amide bonds. The van der Waals surface area contributed by atoms with Gasteiger partial charge in [-0.25, -0.2) is 9.38 Å². The molecule has 112 valence electrons. The summed E-state index contributed by atoms with van der Waals surface area (Å²) >= 11 is 3.26. The van der Waals surface area contributed by atoms with E-state index in [2.05, 4.69) is 20.9 Å². The highest BCUT2D eigenvalue weighted by Crippen LogP contribution is 2.15. The Balaban J connectivity index is 0.00000200. The molecule has 1 atom stereocenters. The molecule has 0 spiro atoms. The molecule has 1 unspecified atom stereocenters. The third-order valence-corrected chi connectivity index (χ3v) is 3.37. The van der Waals surface area contributed by atoms with Crippen molar-refractivity contribution in [3.63, 3.8) is 0 Å². The van der Waals surface area contributed by atoms with Crippen LogP contribution in [-0.4, -0.2) is 36.7 Å². The van der Waals surface area contributed by atoms with Crippen LogP contribution in [0.1, 0.15) is 12.5 Å². The van der Waals surface area contributed by atoms with E-state index in [1.165, 1.54) is 12.1 Å². The zero-order valence-corrected chi connectivity index (χ0v) is 15.1. The molecule has 1 aliphatic rings. The van der Waals surface area contributed by atoms with Crippen LogP contribution in [0.2, 0.25) is 0 Å². The second kappa shape index (κ2) is 8.14. The lowest BCUT2D eigenvalue weighted by atomic mass is 10.2. The minimum Gasteiger partial charge on any atom is -0.375 e. The topological polar surface area (TPSA) is 50.8 Å². The molecule has 1 aromatic carbocycles. The first-order chi connectivity index (χ1) is 9.04. The van der Waals surface area contributed by atoms with Crippen LogP contribution >= 0.6 is 39.9 Å². The van der Waals surface area contributed by atoms with E-state index in [-0.39, 0.29) is 35.9 Å². The number of halogens is 3. The van der Waals surface area contributed by atoms with Gasteiger partial charge in [0.15, 0.2) is 5.96 Å². The SMILES string of the molecule is CC1CN(C(N)=NCc2cc(F)cc(Br)c2)CCO1.I. The Labute approximate surface area is 143 Å². The summed E-state index contributed by atoms with van der Waals surface area (Å²) in [5.41, 5.74) is 6.74. The lowest BCUT2D eigenvalue weighted by Crippen LogP contribution is -2.47. The van der Waals surface area contributed by atoms with Crippen LogP contribution in [0.5, 0.6) is 0 Å². The number of morpholine rings is 1. The lowest BCUT2D eigenvalue weighted by Gasteiger charge is -2.31. The molecule has 7 heteroatoms. The van der Waals surface area contributed by atoms with E-state index < -0.39 is 0 Å². The van der Waals surface area contributed by atoms with Crippen LogP contribution in [0.4, 0.5) is 4.39 Å². The van der Waals surface area contributed by atoms with Crippen LogP contribution in [-0.2, 0) is 11.3 Å². The summed E-state index contributed by atoms with van der Waals surface area (Å²) in [6, 6.07) is 4.71. The van der Waals surface area contributed by atoms with Gasteiger partial charge in [-0.2, -0.15) is 0 Å². The average molecular weight is 458 g/mol. The minimum atomic E-state index is -0.279. The fourth-order valence-corrected chi connectivity index (χ4v) is 2.51. The molecule has 1 aliphatic heterocycles. The molecule has 1 heterocycles. The maximum atomic E-state index is 13.2. The third kappa shape index (κ3) is 5.17. The Hall–Kier alpha value is -0.410. The zero-order valence-electron chi connectivity index (χ0n) is 11.2. The summed E-state index contributed by atoms with van der Waals surface area (Å²) in [6.07, 6.45) is 0.158. The van der Waals surface area contributed by atoms with Gasteiger partial charge in [0.05, 0.1) is 19.3 Å². The molecule has 20 heavy (non-hydrogen) atoms. The highest BCUT2D eigenvalue weighted by molar-refractivity contribution is 14.0. The van der Waals surface area contributed by atoms with E-state index in [0.717, 1.165) is 18.7 Å². The summed E-state index contributed by atoms with van der Waals surface area (Å²) in [5.74, 6) is 0.202. The fraction of sp³-hybridized carbons (Fsp3) is 0.462. The second-order valence-electron chi connectivity index (χ2n) is 4.58. The molecule has 1 fully saturated rings. The summed E-state index contributed by atoms with van der Waals surface area (Å²) in [6.45, 7) is 4.51. The molecule has 2 rings (SSSR count). The maximum absolute atomic E-state index is 13.2. The predicted molar refractivity (Wildman–Crippen MR) is 91.8 cm³/mol. The second-order valence-corrected chi connectivity index (χ2v) is 5.50. The van der Waals surface area contributed by atoms with Crippen LogP contribution in [0.15, 0.2) is 27.7 Å². The largest absolute Gasteiger partial charge is 0.375 e. The van der Waals surface area contributed by atoms with E-state index in [1.807, 2.05) is 17.9 Å². The predicted octanol–water partition coefficient (Wildman–Crippen LogP) is 2.74. The van der Waals surface area contributed by atoms with E-state index in [9.17, 15) is 4.39 Å². The number of benzene rings is 1. The first kappa shape index (κ1) is 17.6. The van der Waals surface area contributed by atoms with Gasteiger partial charge >= 0.3 is 0 Å². The van der Waals surface area contributed by atoms with Gasteiger partial charge in [0.1, 0.15) is 5.82 Å². The quantitative estimate of drug-likeness (QED) is 0.422. The number of rotatable bonds is 2. The van der Waals surface area contributed by atoms with Crippen molar-refractivity contribution in [1.82, 2.24) is 4.90 Å². The van der Waals surface area contributed by atoms with Crippen LogP contribution in [0.3, 0.4) is 0 Å². The third-order valence-electron chi connectivity index (χ3n) is 2.91. The van der Waals surface area contributed by atoms with E-state index in [0.29, 0.717) is 23.6 Å². The van der Waals surface area contributed by atoms with Crippen LogP contribution in [0.25, 0.3) is 0 Å². The van der Waals surface area contributed by atoms with Crippen molar-refractivity contribution in [2.75, 3.05) is 19.7 Å². The first-order valence-corrected chi connectivity index (χ1v) is 6.95. The Bertz CT molecular complexity index is 466. The number of guanidine groups is 1. The molecule has 0 bridgehead atoms. The molecule has 0 aliphatic carbocycles. The summed E-state index contributed by atoms with van der Waals surface area (Å²) in [5, 5.41) is 0. The van der Waals surface area contributed by atoms with Crippen molar-refractivity contribution < 1.29 is 9.13 Å². The monoisotopic (exact) mass is 457 g/mol. The smallest absolute Gasteiger partial charge is 0.191 e. The van der Waals surface area contributed by atoms with Crippen LogP contribution in [0, 0.1) is 5.82 Å². The maximum Gasteiger partial charge on any atom is 0.191 e. The normalized spacial score (nSPS) is 19.6. The number of nitrogens with zero attached hydrogens (tertiary/aromatic N) is 2. The summed E-state index contributed by atoms with van der Waals surface area (Å²) < 4.78 is 19.4. The van der Waals surface area contributed by atoms with E-state index in [4.69, 9.17) is 10.5 Å². The minimum absolute atomic E-state index is 0. The van der Waals surface area contributed by atoms with Gasteiger partial charge in [0.2, 0.25) is 0 Å². The molecule has 0 aromatic heterocycles. The fourth-order valence-electron chi connectivity index (χ4n) is 2.00. The molecule has 0 saturated carbocycles. The Morgan fingerprint density at radius 2 is 2.30 bits per heavy atom. The number of nitrogens with two attached hydrogens (primary N) is 1. The highest BCUT2D eigenvalue weighted by Gasteiger charge is 2.17.